The van der Waals surface area contributed by atoms with Gasteiger partial charge in [0.25, 0.3) is 0 Å². The zero-order valence-electron chi connectivity index (χ0n) is 15.5. The van der Waals surface area contributed by atoms with Crippen molar-refractivity contribution >= 4 is 17.3 Å². The highest BCUT2D eigenvalue weighted by atomic mass is 32.1. The molecule has 136 valence electrons. The Balaban J connectivity index is 1.69. The number of aryl methyl sites for hydroxylation is 1. The first kappa shape index (κ1) is 18.2. The fourth-order valence-electron chi connectivity index (χ4n) is 2.70. The summed E-state index contributed by atoms with van der Waals surface area (Å²) in [5.74, 6) is 0.892. The molecule has 0 unspecified atom stereocenters. The number of nitrogens with one attached hydrogen (secondary N) is 1. The minimum Gasteiger partial charge on any atom is -0.357 e. The van der Waals surface area contributed by atoms with Crippen molar-refractivity contribution < 1.29 is 0 Å². The van der Waals surface area contributed by atoms with Crippen LogP contribution in [0.3, 0.4) is 0 Å². The average molecular weight is 368 g/mol. The monoisotopic (exact) mass is 367 g/mol. The number of rotatable bonds is 6. The maximum Gasteiger partial charge on any atom is 0.194 e. The summed E-state index contributed by atoms with van der Waals surface area (Å²) in [6.07, 6.45) is 2.06. The lowest BCUT2D eigenvalue weighted by Crippen LogP contribution is -2.38. The normalized spacial score (nSPS) is 11.6. The van der Waals surface area contributed by atoms with E-state index in [1.54, 1.807) is 11.3 Å². The molecule has 0 spiro atoms. The molecule has 0 aliphatic heterocycles. The Kier molecular flexibility index (Phi) is 6.07. The maximum atomic E-state index is 4.77. The first-order valence-electron chi connectivity index (χ1n) is 8.77. The average Bonchev–Trinajstić information content (AvgIpc) is 3.29. The lowest BCUT2D eigenvalue weighted by atomic mass is 10.2. The molecule has 0 saturated heterocycles. The number of guanidine groups is 1. The van der Waals surface area contributed by atoms with E-state index >= 15 is 0 Å². The zero-order valence-corrected chi connectivity index (χ0v) is 16.3. The van der Waals surface area contributed by atoms with E-state index in [0.717, 1.165) is 35.3 Å². The van der Waals surface area contributed by atoms with Gasteiger partial charge in [-0.2, -0.15) is 0 Å². The van der Waals surface area contributed by atoms with E-state index in [4.69, 9.17) is 9.98 Å². The van der Waals surface area contributed by atoms with Crippen molar-refractivity contribution in [1.82, 2.24) is 19.8 Å². The van der Waals surface area contributed by atoms with Crippen LogP contribution in [0.2, 0.25) is 0 Å². The molecule has 1 N–H and O–H groups in total. The molecule has 0 saturated carbocycles. The topological polar surface area (TPSA) is 45.5 Å². The summed E-state index contributed by atoms with van der Waals surface area (Å²) in [5, 5.41) is 6.49. The predicted octanol–water partition coefficient (Wildman–Crippen LogP) is 3.75. The second kappa shape index (κ2) is 8.67. The van der Waals surface area contributed by atoms with Crippen molar-refractivity contribution in [3.63, 3.8) is 0 Å². The van der Waals surface area contributed by atoms with Crippen molar-refractivity contribution in [3.05, 3.63) is 65.4 Å². The first-order valence-corrected chi connectivity index (χ1v) is 9.65. The number of aromatic nitrogens is 2. The Morgan fingerprint density at radius 1 is 1.23 bits per heavy atom. The summed E-state index contributed by atoms with van der Waals surface area (Å²) >= 11 is 1.66. The second-order valence-electron chi connectivity index (χ2n) is 6.15. The van der Waals surface area contributed by atoms with Crippen LogP contribution in [0.15, 0.2) is 59.0 Å². The SMILES string of the molecule is CCNC(=NCc1csc(-c2ccccc2)n1)N(C)Cc1cccn1C. The Bertz CT molecular complexity index is 850. The van der Waals surface area contributed by atoms with Gasteiger partial charge in [-0.25, -0.2) is 9.98 Å². The van der Waals surface area contributed by atoms with Crippen LogP contribution in [0.4, 0.5) is 0 Å². The van der Waals surface area contributed by atoms with Crippen molar-refractivity contribution in [2.75, 3.05) is 13.6 Å². The lowest BCUT2D eigenvalue weighted by Gasteiger charge is -2.22. The third-order valence-electron chi connectivity index (χ3n) is 4.11. The lowest BCUT2D eigenvalue weighted by molar-refractivity contribution is 0.461. The highest BCUT2D eigenvalue weighted by Crippen LogP contribution is 2.23. The molecule has 6 heteroatoms. The first-order chi connectivity index (χ1) is 12.7. The van der Waals surface area contributed by atoms with Gasteiger partial charge in [0.2, 0.25) is 0 Å². The molecule has 0 bridgehead atoms. The second-order valence-corrected chi connectivity index (χ2v) is 7.00. The highest BCUT2D eigenvalue weighted by molar-refractivity contribution is 7.13. The van der Waals surface area contributed by atoms with Crippen LogP contribution in [-0.2, 0) is 20.1 Å². The maximum absolute atomic E-state index is 4.77. The summed E-state index contributed by atoms with van der Waals surface area (Å²) < 4.78 is 2.13. The molecule has 3 rings (SSSR count). The summed E-state index contributed by atoms with van der Waals surface area (Å²) in [5.41, 5.74) is 3.40. The zero-order chi connectivity index (χ0) is 18.4. The molecule has 5 nitrogen and oxygen atoms in total. The molecule has 2 heterocycles. The number of hydrogen-bond acceptors (Lipinski definition) is 3. The Labute approximate surface area is 159 Å². The summed E-state index contributed by atoms with van der Waals surface area (Å²) in [6, 6.07) is 14.5. The van der Waals surface area contributed by atoms with E-state index < -0.39 is 0 Å². The summed E-state index contributed by atoms with van der Waals surface area (Å²) in [6.45, 7) is 4.30. The molecule has 0 aliphatic rings. The van der Waals surface area contributed by atoms with Crippen LogP contribution in [0.1, 0.15) is 18.3 Å². The van der Waals surface area contributed by atoms with Gasteiger partial charge in [-0.05, 0) is 19.1 Å². The largest absolute Gasteiger partial charge is 0.357 e. The third kappa shape index (κ3) is 4.52. The minimum atomic E-state index is 0.573. The van der Waals surface area contributed by atoms with Gasteiger partial charge in [0.1, 0.15) is 5.01 Å². The van der Waals surface area contributed by atoms with Gasteiger partial charge >= 0.3 is 0 Å². The van der Waals surface area contributed by atoms with E-state index in [1.807, 2.05) is 18.2 Å². The quantitative estimate of drug-likeness (QED) is 0.533. The fourth-order valence-corrected chi connectivity index (χ4v) is 3.51. The van der Waals surface area contributed by atoms with Crippen LogP contribution in [0, 0.1) is 0 Å². The number of hydrogen-bond donors (Lipinski definition) is 1. The molecule has 3 aromatic rings. The Morgan fingerprint density at radius 2 is 2.04 bits per heavy atom. The van der Waals surface area contributed by atoms with Crippen LogP contribution in [0.25, 0.3) is 10.6 Å². The predicted molar refractivity (Wildman–Crippen MR) is 109 cm³/mol. The molecule has 0 amide bonds. The molecule has 0 radical (unpaired) electrons. The van der Waals surface area contributed by atoms with Gasteiger partial charge in [-0.3, -0.25) is 0 Å². The number of thiazole rings is 1. The standard InChI is InChI=1S/C20H25N5S/c1-4-21-20(25(3)14-18-11-8-12-24(18)2)22-13-17-15-26-19(23-17)16-9-6-5-7-10-16/h5-12,15H,4,13-14H2,1-3H3,(H,21,22). The number of nitrogens with zero attached hydrogens (tertiary/aromatic N) is 4. The fraction of sp³-hybridized carbons (Fsp3) is 0.300. The van der Waals surface area contributed by atoms with E-state index in [1.165, 1.54) is 5.69 Å². The van der Waals surface area contributed by atoms with E-state index in [9.17, 15) is 0 Å². The van der Waals surface area contributed by atoms with Gasteiger partial charge in [-0.15, -0.1) is 11.3 Å². The van der Waals surface area contributed by atoms with E-state index in [2.05, 4.69) is 71.6 Å². The highest BCUT2D eigenvalue weighted by Gasteiger charge is 2.09. The van der Waals surface area contributed by atoms with Gasteiger partial charge < -0.3 is 14.8 Å². The molecule has 1 aromatic carbocycles. The third-order valence-corrected chi connectivity index (χ3v) is 5.05. The molecule has 0 aliphatic carbocycles. The van der Waals surface area contributed by atoms with E-state index in [0.29, 0.717) is 6.54 Å². The van der Waals surface area contributed by atoms with Crippen molar-refractivity contribution in [2.24, 2.45) is 12.0 Å². The minimum absolute atomic E-state index is 0.573. The van der Waals surface area contributed by atoms with Crippen LogP contribution in [0.5, 0.6) is 0 Å². The summed E-state index contributed by atoms with van der Waals surface area (Å²) in [7, 11) is 4.12. The van der Waals surface area contributed by atoms with Crippen molar-refractivity contribution in [3.8, 4) is 10.6 Å². The van der Waals surface area contributed by atoms with Crippen molar-refractivity contribution in [1.29, 1.82) is 0 Å². The van der Waals surface area contributed by atoms with Gasteiger partial charge in [0.05, 0.1) is 18.8 Å². The van der Waals surface area contributed by atoms with Gasteiger partial charge in [0.15, 0.2) is 5.96 Å². The molecule has 2 aromatic heterocycles. The Hall–Kier alpha value is -2.60. The summed E-state index contributed by atoms with van der Waals surface area (Å²) in [4.78, 5) is 11.6. The molecule has 0 atom stereocenters. The van der Waals surface area contributed by atoms with E-state index in [-0.39, 0.29) is 0 Å². The molecule has 0 fully saturated rings. The van der Waals surface area contributed by atoms with Gasteiger partial charge in [-0.1, -0.05) is 30.3 Å². The number of aliphatic imine (C=N–C) groups is 1. The molecular formula is C20H25N5S. The smallest absolute Gasteiger partial charge is 0.194 e. The van der Waals surface area contributed by atoms with Crippen LogP contribution < -0.4 is 5.32 Å². The Morgan fingerprint density at radius 3 is 2.73 bits per heavy atom. The van der Waals surface area contributed by atoms with Crippen molar-refractivity contribution in [2.45, 2.75) is 20.0 Å². The number of benzene rings is 1. The van der Waals surface area contributed by atoms with Gasteiger partial charge in [0, 0.05) is 43.5 Å². The molecule has 26 heavy (non-hydrogen) atoms. The molecular weight excluding hydrogens is 342 g/mol. The van der Waals surface area contributed by atoms with Crippen LogP contribution >= 0.6 is 11.3 Å². The van der Waals surface area contributed by atoms with Crippen LogP contribution in [-0.4, -0.2) is 34.0 Å².